The van der Waals surface area contributed by atoms with Crippen molar-refractivity contribution in [1.82, 2.24) is 5.16 Å². The molecule has 0 amide bonds. The van der Waals surface area contributed by atoms with Gasteiger partial charge in [-0.05, 0) is 59.2 Å². The van der Waals surface area contributed by atoms with Gasteiger partial charge in [-0.2, -0.15) is 0 Å². The van der Waals surface area contributed by atoms with Crippen LogP contribution in [0.3, 0.4) is 0 Å². The molecule has 4 aromatic carbocycles. The maximum Gasteiger partial charge on any atom is 0.146 e. The second-order valence-corrected chi connectivity index (χ2v) is 10.1. The van der Waals surface area contributed by atoms with E-state index in [-0.39, 0.29) is 12.5 Å². The van der Waals surface area contributed by atoms with Crippen LogP contribution in [0, 0.1) is 0 Å². The fourth-order valence-electron chi connectivity index (χ4n) is 4.26. The summed E-state index contributed by atoms with van der Waals surface area (Å²) in [6.45, 7) is 4.89. The second-order valence-electron chi connectivity index (χ2n) is 9.24. The lowest BCUT2D eigenvalue weighted by Crippen LogP contribution is -2.01. The fourth-order valence-corrected chi connectivity index (χ4v) is 4.84. The molecule has 192 valence electrons. The van der Waals surface area contributed by atoms with E-state index in [9.17, 15) is 0 Å². The molecule has 5 rings (SSSR count). The highest BCUT2D eigenvalue weighted by molar-refractivity contribution is 6.39. The zero-order valence-corrected chi connectivity index (χ0v) is 22.7. The molecule has 0 N–H and O–H groups in total. The number of benzene rings is 4. The van der Waals surface area contributed by atoms with Crippen molar-refractivity contribution in [2.45, 2.75) is 33.0 Å². The van der Waals surface area contributed by atoms with E-state index in [1.54, 1.807) is 18.2 Å². The third-order valence-electron chi connectivity index (χ3n) is 6.19. The number of halogens is 2. The van der Waals surface area contributed by atoms with Gasteiger partial charge in [0.2, 0.25) is 0 Å². The number of aromatic nitrogens is 1. The number of nitrogens with zero attached hydrogens (tertiary/aromatic N) is 1. The molecule has 0 aliphatic rings. The highest BCUT2D eigenvalue weighted by atomic mass is 35.5. The summed E-state index contributed by atoms with van der Waals surface area (Å²) >= 11 is 12.9. The molecule has 0 radical (unpaired) electrons. The van der Waals surface area contributed by atoms with Crippen LogP contribution in [0.15, 0.2) is 102 Å². The van der Waals surface area contributed by atoms with Gasteiger partial charge in [-0.15, -0.1) is 0 Å². The zero-order valence-electron chi connectivity index (χ0n) is 21.2. The van der Waals surface area contributed by atoms with E-state index in [0.29, 0.717) is 27.9 Å². The molecule has 38 heavy (non-hydrogen) atoms. The highest BCUT2D eigenvalue weighted by Gasteiger charge is 2.23. The van der Waals surface area contributed by atoms with Crippen LogP contribution in [0.1, 0.15) is 36.7 Å². The Hall–Kier alpha value is -3.73. The summed E-state index contributed by atoms with van der Waals surface area (Å²) in [5, 5.41) is 5.34. The van der Waals surface area contributed by atoms with Crippen LogP contribution >= 0.6 is 23.2 Å². The van der Waals surface area contributed by atoms with Gasteiger partial charge in [-0.25, -0.2) is 0 Å². The van der Waals surface area contributed by atoms with Crippen molar-refractivity contribution >= 4 is 23.2 Å². The molecule has 0 atom stereocenters. The molecule has 0 unspecified atom stereocenters. The first-order chi connectivity index (χ1) is 18.5. The Bertz CT molecular complexity index is 1490. The van der Waals surface area contributed by atoms with Crippen LogP contribution in [0.5, 0.6) is 11.5 Å². The average Bonchev–Trinajstić information content (AvgIpc) is 3.35. The van der Waals surface area contributed by atoms with Gasteiger partial charge >= 0.3 is 0 Å². The molecule has 0 bridgehead atoms. The van der Waals surface area contributed by atoms with Crippen LogP contribution in [0.2, 0.25) is 10.0 Å². The van der Waals surface area contributed by atoms with Crippen molar-refractivity contribution in [3.05, 3.63) is 124 Å². The van der Waals surface area contributed by atoms with Crippen molar-refractivity contribution in [1.29, 1.82) is 0 Å². The number of hydrogen-bond donors (Lipinski definition) is 0. The maximum absolute atomic E-state index is 6.46. The number of rotatable bonds is 9. The van der Waals surface area contributed by atoms with E-state index >= 15 is 0 Å². The average molecular weight is 544 g/mol. The Kier molecular flexibility index (Phi) is 8.02. The van der Waals surface area contributed by atoms with Crippen LogP contribution in [0.25, 0.3) is 22.4 Å². The zero-order chi connectivity index (χ0) is 26.5. The Morgan fingerprint density at radius 3 is 2.08 bits per heavy atom. The predicted octanol–water partition coefficient (Wildman–Crippen LogP) is 9.60. The van der Waals surface area contributed by atoms with Gasteiger partial charge in [0, 0.05) is 11.5 Å². The molecule has 1 aromatic heterocycles. The minimum Gasteiger partial charge on any atom is -0.489 e. The minimum atomic E-state index is 0.122. The summed E-state index contributed by atoms with van der Waals surface area (Å²) in [4.78, 5) is 0. The molecule has 0 saturated carbocycles. The lowest BCUT2D eigenvalue weighted by atomic mass is 10.0. The first-order valence-electron chi connectivity index (χ1n) is 12.4. The molecule has 6 heteroatoms. The van der Waals surface area contributed by atoms with E-state index < -0.39 is 0 Å². The van der Waals surface area contributed by atoms with Gasteiger partial charge in [0.1, 0.15) is 36.2 Å². The van der Waals surface area contributed by atoms with Crippen molar-refractivity contribution in [2.75, 3.05) is 0 Å². The first kappa shape index (κ1) is 25.9. The third kappa shape index (κ3) is 5.88. The number of hydrogen-bond acceptors (Lipinski definition) is 4. The standard InChI is InChI=1S/C32H27Cl2NO3/c1-21(2)32-27(31(35-38-32)30-28(33)12-7-13-29(30)34)20-37-26-16-14-23(15-17-26)24-9-6-8-22(18-24)19-36-25-10-4-3-5-11-25/h3-18,21H,19-20H2,1-2H3. The largest absolute Gasteiger partial charge is 0.489 e. The molecule has 4 nitrogen and oxygen atoms in total. The smallest absolute Gasteiger partial charge is 0.146 e. The molecular weight excluding hydrogens is 517 g/mol. The summed E-state index contributed by atoms with van der Waals surface area (Å²) < 4.78 is 17.8. The minimum absolute atomic E-state index is 0.122. The van der Waals surface area contributed by atoms with Gasteiger partial charge in [0.25, 0.3) is 0 Å². The van der Waals surface area contributed by atoms with Gasteiger partial charge in [0.15, 0.2) is 0 Å². The summed E-state index contributed by atoms with van der Waals surface area (Å²) in [7, 11) is 0. The molecule has 1 heterocycles. The van der Waals surface area contributed by atoms with E-state index in [0.717, 1.165) is 39.5 Å². The lowest BCUT2D eigenvalue weighted by molar-refractivity contribution is 0.298. The van der Waals surface area contributed by atoms with E-state index in [4.69, 9.17) is 37.2 Å². The Balaban J connectivity index is 1.31. The predicted molar refractivity (Wildman–Crippen MR) is 153 cm³/mol. The maximum atomic E-state index is 6.46. The van der Waals surface area contributed by atoms with E-state index in [2.05, 4.69) is 49.3 Å². The summed E-state index contributed by atoms with van der Waals surface area (Å²) in [5.74, 6) is 2.47. The molecular formula is C32H27Cl2NO3. The quantitative estimate of drug-likeness (QED) is 0.185. The topological polar surface area (TPSA) is 44.5 Å². The van der Waals surface area contributed by atoms with Crippen molar-refractivity contribution in [3.8, 4) is 33.9 Å². The Morgan fingerprint density at radius 1 is 0.711 bits per heavy atom. The molecule has 0 saturated heterocycles. The van der Waals surface area contributed by atoms with Crippen LogP contribution in [-0.2, 0) is 13.2 Å². The Labute approximate surface area is 232 Å². The van der Waals surface area contributed by atoms with Gasteiger partial charge < -0.3 is 14.0 Å². The summed E-state index contributed by atoms with van der Waals surface area (Å²) in [6.07, 6.45) is 0. The van der Waals surface area contributed by atoms with Gasteiger partial charge in [-0.1, -0.05) is 96.8 Å². The van der Waals surface area contributed by atoms with Crippen molar-refractivity contribution in [3.63, 3.8) is 0 Å². The summed E-state index contributed by atoms with van der Waals surface area (Å²) in [6, 6.07) is 31.6. The number of ether oxygens (including phenoxy) is 2. The van der Waals surface area contributed by atoms with Gasteiger partial charge in [0.05, 0.1) is 15.6 Å². The van der Waals surface area contributed by atoms with Crippen molar-refractivity contribution in [2.24, 2.45) is 0 Å². The van der Waals surface area contributed by atoms with Gasteiger partial charge in [-0.3, -0.25) is 0 Å². The fraction of sp³-hybridized carbons (Fsp3) is 0.156. The third-order valence-corrected chi connectivity index (χ3v) is 6.82. The number of para-hydroxylation sites is 1. The molecule has 0 fully saturated rings. The highest BCUT2D eigenvalue weighted by Crippen LogP contribution is 2.39. The van der Waals surface area contributed by atoms with Crippen LogP contribution in [0.4, 0.5) is 0 Å². The molecule has 0 spiro atoms. The summed E-state index contributed by atoms with van der Waals surface area (Å²) in [5.41, 5.74) is 5.40. The first-order valence-corrected chi connectivity index (χ1v) is 13.2. The van der Waals surface area contributed by atoms with Crippen LogP contribution < -0.4 is 9.47 Å². The monoisotopic (exact) mass is 543 g/mol. The molecule has 0 aliphatic carbocycles. The normalized spacial score (nSPS) is 11.1. The van der Waals surface area contributed by atoms with Crippen LogP contribution in [-0.4, -0.2) is 5.16 Å². The van der Waals surface area contributed by atoms with E-state index in [1.165, 1.54) is 0 Å². The molecule has 0 aliphatic heterocycles. The van der Waals surface area contributed by atoms with E-state index in [1.807, 2.05) is 48.5 Å². The Morgan fingerprint density at radius 2 is 1.37 bits per heavy atom. The van der Waals surface area contributed by atoms with Crippen molar-refractivity contribution < 1.29 is 14.0 Å². The molecule has 5 aromatic rings. The second kappa shape index (κ2) is 11.8. The lowest BCUT2D eigenvalue weighted by Gasteiger charge is -2.11. The SMILES string of the molecule is CC(C)c1onc(-c2c(Cl)cccc2Cl)c1COc1ccc(-c2cccc(COc3ccccc3)c2)cc1.